The first-order valence-electron chi connectivity index (χ1n) is 8.61. The fraction of sp³-hybridized carbons (Fsp3) is 0.278. The maximum Gasteiger partial charge on any atom is 0.418 e. The Bertz CT molecular complexity index is 914. The highest BCUT2D eigenvalue weighted by Crippen LogP contribution is 2.34. The molecule has 1 aliphatic heterocycles. The summed E-state index contributed by atoms with van der Waals surface area (Å²) < 4.78 is 44.3. The second-order valence-corrected chi connectivity index (χ2v) is 6.18. The van der Waals surface area contributed by atoms with E-state index in [4.69, 9.17) is 4.74 Å². The van der Waals surface area contributed by atoms with Crippen molar-refractivity contribution in [1.82, 2.24) is 5.43 Å². The highest BCUT2D eigenvalue weighted by atomic mass is 19.4. The van der Waals surface area contributed by atoms with Gasteiger partial charge in [-0.25, -0.2) is 0 Å². The fourth-order valence-corrected chi connectivity index (χ4v) is 2.92. The number of hydrazine groups is 1. The zero-order chi connectivity index (χ0) is 21.0. The van der Waals surface area contributed by atoms with Gasteiger partial charge in [0.2, 0.25) is 0 Å². The number of hydrogen-bond acceptors (Lipinski definition) is 6. The molecule has 0 bridgehead atoms. The van der Waals surface area contributed by atoms with Crippen LogP contribution < -0.4 is 15.8 Å². The standard InChI is InChI=1S/C18H17F3N4O4/c19-18(20,21)13-3-1-2-4-14(13)22-23-17(26)12-5-6-15(16(11-12)25(27)28)24-7-9-29-10-8-24/h1-6,11,22H,7-10H2,(H,23,26). The molecule has 1 aliphatic rings. The van der Waals surface area contributed by atoms with E-state index in [0.717, 1.165) is 18.2 Å². The van der Waals surface area contributed by atoms with Crippen LogP contribution in [-0.4, -0.2) is 37.1 Å². The highest BCUT2D eigenvalue weighted by Gasteiger charge is 2.33. The topological polar surface area (TPSA) is 96.7 Å². The summed E-state index contributed by atoms with van der Waals surface area (Å²) in [5, 5.41) is 11.4. The molecular weight excluding hydrogens is 393 g/mol. The number of hydrogen-bond donors (Lipinski definition) is 2. The van der Waals surface area contributed by atoms with E-state index in [1.54, 1.807) is 4.90 Å². The van der Waals surface area contributed by atoms with Crippen LogP contribution in [0.5, 0.6) is 0 Å². The first kappa shape index (κ1) is 20.4. The van der Waals surface area contributed by atoms with Crippen LogP contribution in [0.2, 0.25) is 0 Å². The summed E-state index contributed by atoms with van der Waals surface area (Å²) in [4.78, 5) is 25.0. The molecule has 1 fully saturated rings. The molecule has 0 atom stereocenters. The molecule has 2 aromatic rings. The first-order chi connectivity index (χ1) is 13.8. The summed E-state index contributed by atoms with van der Waals surface area (Å²) in [5.74, 6) is -0.807. The van der Waals surface area contributed by atoms with Gasteiger partial charge in [0.1, 0.15) is 5.69 Å². The van der Waals surface area contributed by atoms with E-state index in [9.17, 15) is 28.1 Å². The number of para-hydroxylation sites is 1. The zero-order valence-corrected chi connectivity index (χ0v) is 15.0. The average Bonchev–Trinajstić information content (AvgIpc) is 2.71. The number of nitrogens with one attached hydrogen (secondary N) is 2. The largest absolute Gasteiger partial charge is 0.418 e. The number of halogens is 3. The number of morpholine rings is 1. The SMILES string of the molecule is O=C(NNc1ccccc1C(F)(F)F)c1ccc(N2CCOCC2)c([N+](=O)[O-])c1. The van der Waals surface area contributed by atoms with Crippen LogP contribution in [0, 0.1) is 10.1 Å². The Balaban J connectivity index is 1.78. The van der Waals surface area contributed by atoms with Crippen LogP contribution in [0.15, 0.2) is 42.5 Å². The van der Waals surface area contributed by atoms with Gasteiger partial charge in [-0.1, -0.05) is 12.1 Å². The van der Waals surface area contributed by atoms with Gasteiger partial charge >= 0.3 is 6.18 Å². The molecular formula is C18H17F3N4O4. The third-order valence-corrected chi connectivity index (χ3v) is 4.33. The fourth-order valence-electron chi connectivity index (χ4n) is 2.92. The predicted octanol–water partition coefficient (Wildman–Crippen LogP) is 3.21. The number of nitro groups is 1. The van der Waals surface area contributed by atoms with Crippen molar-refractivity contribution < 1.29 is 27.6 Å². The van der Waals surface area contributed by atoms with E-state index in [2.05, 4.69) is 10.9 Å². The van der Waals surface area contributed by atoms with Crippen molar-refractivity contribution >= 4 is 23.0 Å². The lowest BCUT2D eigenvalue weighted by atomic mass is 10.1. The number of anilines is 2. The van der Waals surface area contributed by atoms with Crippen LogP contribution in [0.25, 0.3) is 0 Å². The smallest absolute Gasteiger partial charge is 0.378 e. The molecule has 11 heteroatoms. The van der Waals surface area contributed by atoms with Crippen molar-refractivity contribution in [2.75, 3.05) is 36.6 Å². The molecule has 1 heterocycles. The summed E-state index contributed by atoms with van der Waals surface area (Å²) >= 11 is 0. The van der Waals surface area contributed by atoms with E-state index < -0.39 is 22.6 Å². The van der Waals surface area contributed by atoms with Gasteiger partial charge in [-0.15, -0.1) is 0 Å². The number of nitrogens with zero attached hydrogens (tertiary/aromatic N) is 2. The number of benzene rings is 2. The van der Waals surface area contributed by atoms with Gasteiger partial charge in [0.25, 0.3) is 11.6 Å². The number of alkyl halides is 3. The van der Waals surface area contributed by atoms with Gasteiger partial charge in [-0.05, 0) is 24.3 Å². The van der Waals surface area contributed by atoms with Crippen molar-refractivity contribution in [3.63, 3.8) is 0 Å². The van der Waals surface area contributed by atoms with Crippen LogP contribution >= 0.6 is 0 Å². The van der Waals surface area contributed by atoms with E-state index in [-0.39, 0.29) is 16.9 Å². The summed E-state index contributed by atoms with van der Waals surface area (Å²) in [5.41, 5.74) is 3.11. The molecule has 154 valence electrons. The lowest BCUT2D eigenvalue weighted by Gasteiger charge is -2.28. The van der Waals surface area contributed by atoms with Crippen LogP contribution in [0.1, 0.15) is 15.9 Å². The minimum Gasteiger partial charge on any atom is -0.378 e. The van der Waals surface area contributed by atoms with E-state index in [0.29, 0.717) is 32.0 Å². The number of ether oxygens (including phenoxy) is 1. The van der Waals surface area contributed by atoms with Gasteiger partial charge in [0.05, 0.1) is 29.4 Å². The lowest BCUT2D eigenvalue weighted by molar-refractivity contribution is -0.384. The molecule has 0 saturated carbocycles. The summed E-state index contributed by atoms with van der Waals surface area (Å²) in [6, 6.07) is 8.56. The Labute approximate surface area is 163 Å². The first-order valence-corrected chi connectivity index (χ1v) is 8.61. The lowest BCUT2D eigenvalue weighted by Crippen LogP contribution is -2.36. The molecule has 1 amide bonds. The monoisotopic (exact) mass is 410 g/mol. The molecule has 0 radical (unpaired) electrons. The summed E-state index contributed by atoms with van der Waals surface area (Å²) in [7, 11) is 0. The Hall–Kier alpha value is -3.34. The van der Waals surface area contributed by atoms with Crippen molar-refractivity contribution in [3.8, 4) is 0 Å². The maximum absolute atomic E-state index is 13.0. The highest BCUT2D eigenvalue weighted by molar-refractivity contribution is 5.96. The van der Waals surface area contributed by atoms with Crippen LogP contribution in [-0.2, 0) is 10.9 Å². The Kier molecular flexibility index (Phi) is 5.87. The quantitative estimate of drug-likeness (QED) is 0.581. The minimum atomic E-state index is -4.60. The zero-order valence-electron chi connectivity index (χ0n) is 15.0. The third kappa shape index (κ3) is 4.74. The van der Waals surface area contributed by atoms with Gasteiger partial charge in [-0.2, -0.15) is 13.2 Å². The Morgan fingerprint density at radius 2 is 1.83 bits per heavy atom. The molecule has 1 saturated heterocycles. The van der Waals surface area contributed by atoms with Crippen LogP contribution in [0.4, 0.5) is 30.2 Å². The Morgan fingerprint density at radius 3 is 2.48 bits per heavy atom. The third-order valence-electron chi connectivity index (χ3n) is 4.33. The second kappa shape index (κ2) is 8.35. The van der Waals surface area contributed by atoms with E-state index in [1.165, 1.54) is 24.3 Å². The van der Waals surface area contributed by atoms with E-state index >= 15 is 0 Å². The summed E-state index contributed by atoms with van der Waals surface area (Å²) in [6.07, 6.45) is -4.60. The number of nitro benzene ring substituents is 1. The minimum absolute atomic E-state index is 0.0642. The molecule has 2 N–H and O–H groups in total. The molecule has 0 aliphatic carbocycles. The Morgan fingerprint density at radius 1 is 1.14 bits per heavy atom. The van der Waals surface area contributed by atoms with Gasteiger partial charge in [0, 0.05) is 24.7 Å². The van der Waals surface area contributed by atoms with Crippen molar-refractivity contribution in [1.29, 1.82) is 0 Å². The molecule has 2 aromatic carbocycles. The maximum atomic E-state index is 13.0. The van der Waals surface area contributed by atoms with Crippen molar-refractivity contribution in [3.05, 3.63) is 63.7 Å². The van der Waals surface area contributed by atoms with Gasteiger partial charge < -0.3 is 9.64 Å². The summed E-state index contributed by atoms with van der Waals surface area (Å²) in [6.45, 7) is 1.81. The molecule has 0 unspecified atom stereocenters. The van der Waals surface area contributed by atoms with E-state index in [1.807, 2.05) is 0 Å². The number of rotatable bonds is 5. The number of amides is 1. The predicted molar refractivity (Wildman–Crippen MR) is 98.7 cm³/mol. The number of carbonyl (C=O) groups excluding carboxylic acids is 1. The molecule has 8 nitrogen and oxygen atoms in total. The van der Waals surface area contributed by atoms with Crippen LogP contribution in [0.3, 0.4) is 0 Å². The molecule has 3 rings (SSSR count). The van der Waals surface area contributed by atoms with Crippen molar-refractivity contribution in [2.24, 2.45) is 0 Å². The van der Waals surface area contributed by atoms with Gasteiger partial charge in [-0.3, -0.25) is 25.8 Å². The average molecular weight is 410 g/mol. The van der Waals surface area contributed by atoms with Crippen molar-refractivity contribution in [2.45, 2.75) is 6.18 Å². The molecule has 0 aromatic heterocycles. The normalized spacial score (nSPS) is 14.4. The molecule has 0 spiro atoms. The molecule has 29 heavy (non-hydrogen) atoms. The van der Waals surface area contributed by atoms with Gasteiger partial charge in [0.15, 0.2) is 0 Å². The number of carbonyl (C=O) groups is 1. The second-order valence-electron chi connectivity index (χ2n) is 6.18.